The highest BCUT2D eigenvalue weighted by Crippen LogP contribution is 2.45. The number of ether oxygens (including phenoxy) is 1. The van der Waals surface area contributed by atoms with Gasteiger partial charge in [0.25, 0.3) is 0 Å². The van der Waals surface area contributed by atoms with Crippen LogP contribution in [0.4, 0.5) is 10.5 Å². The monoisotopic (exact) mass is 366 g/mol. The number of aliphatic hydroxyl groups excluding tert-OH is 1. The van der Waals surface area contributed by atoms with Crippen molar-refractivity contribution in [1.29, 1.82) is 0 Å². The lowest BCUT2D eigenvalue weighted by Crippen LogP contribution is -2.52. The fraction of sp³-hybridized carbons (Fsp3) is 0.409. The Bertz CT molecular complexity index is 839. The molecule has 1 unspecified atom stereocenters. The number of hydrogen-bond donors (Lipinski definition) is 2. The minimum absolute atomic E-state index is 0.0818. The molecule has 2 aromatic carbocycles. The molecule has 5 heteroatoms. The zero-order chi connectivity index (χ0) is 19.0. The van der Waals surface area contributed by atoms with Gasteiger partial charge in [-0.1, -0.05) is 35.9 Å². The number of nitrogens with one attached hydrogen (secondary N) is 1. The second-order valence-corrected chi connectivity index (χ2v) is 7.78. The van der Waals surface area contributed by atoms with Gasteiger partial charge in [-0.15, -0.1) is 0 Å². The van der Waals surface area contributed by atoms with Crippen molar-refractivity contribution >= 4 is 11.7 Å². The summed E-state index contributed by atoms with van der Waals surface area (Å²) in [4.78, 5) is 14.4. The first kappa shape index (κ1) is 17.9. The molecule has 0 bridgehead atoms. The largest absolute Gasteiger partial charge is 0.486 e. The number of nitrogens with zero attached hydrogens (tertiary/aromatic N) is 1. The average Bonchev–Trinajstić information content (AvgIpc) is 2.65. The van der Waals surface area contributed by atoms with Gasteiger partial charge in [-0.2, -0.15) is 0 Å². The van der Waals surface area contributed by atoms with E-state index in [1.165, 1.54) is 0 Å². The van der Waals surface area contributed by atoms with E-state index in [1.807, 2.05) is 61.2 Å². The quantitative estimate of drug-likeness (QED) is 0.796. The summed E-state index contributed by atoms with van der Waals surface area (Å²) in [5, 5.41) is 13.6. The van der Waals surface area contributed by atoms with Gasteiger partial charge in [-0.3, -0.25) is 0 Å². The molecule has 2 aliphatic heterocycles. The number of carbonyl (C=O) groups is 1. The Labute approximate surface area is 160 Å². The fourth-order valence-electron chi connectivity index (χ4n) is 4.06. The van der Waals surface area contributed by atoms with Crippen LogP contribution in [-0.4, -0.2) is 34.7 Å². The second kappa shape index (κ2) is 6.89. The predicted molar refractivity (Wildman–Crippen MR) is 105 cm³/mol. The summed E-state index contributed by atoms with van der Waals surface area (Å²) in [5.41, 5.74) is 3.50. The van der Waals surface area contributed by atoms with Gasteiger partial charge in [0.2, 0.25) is 0 Å². The predicted octanol–water partition coefficient (Wildman–Crippen LogP) is 4.19. The highest BCUT2D eigenvalue weighted by molar-refractivity contribution is 5.89. The Balaban J connectivity index is 1.42. The molecule has 2 aromatic rings. The number of hydrogen-bond acceptors (Lipinski definition) is 3. The number of likely N-dealkylation sites (tertiary alicyclic amines) is 1. The molecule has 2 amide bonds. The van der Waals surface area contributed by atoms with Gasteiger partial charge >= 0.3 is 6.03 Å². The summed E-state index contributed by atoms with van der Waals surface area (Å²) in [6.45, 7) is 5.26. The van der Waals surface area contributed by atoms with Crippen molar-refractivity contribution < 1.29 is 14.6 Å². The summed E-state index contributed by atoms with van der Waals surface area (Å²) < 4.78 is 6.40. The molecule has 4 rings (SSSR count). The molecule has 2 aliphatic rings. The molecule has 27 heavy (non-hydrogen) atoms. The van der Waals surface area contributed by atoms with Crippen LogP contribution in [0.15, 0.2) is 42.5 Å². The van der Waals surface area contributed by atoms with Crippen LogP contribution < -0.4 is 10.1 Å². The normalized spacial score (nSPS) is 20.7. The summed E-state index contributed by atoms with van der Waals surface area (Å²) in [5.74, 6) is 0.814. The van der Waals surface area contributed by atoms with Gasteiger partial charge in [0.15, 0.2) is 0 Å². The van der Waals surface area contributed by atoms with Crippen LogP contribution >= 0.6 is 0 Å². The number of aryl methyl sites for hydroxylation is 2. The molecule has 1 saturated heterocycles. The lowest BCUT2D eigenvalue weighted by molar-refractivity contribution is -0.0475. The minimum Gasteiger partial charge on any atom is -0.486 e. The number of carbonyl (C=O) groups excluding carboxylic acids is 1. The Morgan fingerprint density at radius 3 is 2.56 bits per heavy atom. The second-order valence-electron chi connectivity index (χ2n) is 7.78. The van der Waals surface area contributed by atoms with Gasteiger partial charge in [-0.25, -0.2) is 4.79 Å². The van der Waals surface area contributed by atoms with Crippen LogP contribution in [0.5, 0.6) is 5.75 Å². The number of urea groups is 1. The van der Waals surface area contributed by atoms with E-state index in [0.717, 1.165) is 41.0 Å². The molecule has 0 aliphatic carbocycles. The zero-order valence-electron chi connectivity index (χ0n) is 15.9. The van der Waals surface area contributed by atoms with Gasteiger partial charge < -0.3 is 20.1 Å². The fourth-order valence-corrected chi connectivity index (χ4v) is 4.06. The first-order valence-electron chi connectivity index (χ1n) is 9.55. The van der Waals surface area contributed by atoms with E-state index >= 15 is 0 Å². The first-order valence-corrected chi connectivity index (χ1v) is 9.55. The van der Waals surface area contributed by atoms with Crippen LogP contribution in [0, 0.1) is 13.8 Å². The van der Waals surface area contributed by atoms with Crippen molar-refractivity contribution in [2.45, 2.75) is 44.8 Å². The lowest BCUT2D eigenvalue weighted by atomic mass is 9.81. The SMILES string of the molecule is Cc1ccc(NC(=O)N2CCC3(CC2)CC(O)c2cccc(C)c2O3)cc1. The zero-order valence-corrected chi connectivity index (χ0v) is 15.9. The number of benzene rings is 2. The molecule has 1 fully saturated rings. The van der Waals surface area contributed by atoms with Gasteiger partial charge in [0.1, 0.15) is 11.4 Å². The number of aliphatic hydroxyl groups is 1. The molecular formula is C22H26N2O3. The summed E-state index contributed by atoms with van der Waals surface area (Å²) in [6, 6.07) is 13.6. The van der Waals surface area contributed by atoms with Crippen LogP contribution in [0.1, 0.15) is 42.1 Å². The van der Waals surface area contributed by atoms with E-state index < -0.39 is 6.10 Å². The van der Waals surface area contributed by atoms with Crippen molar-refractivity contribution in [2.75, 3.05) is 18.4 Å². The Morgan fingerprint density at radius 1 is 1.15 bits per heavy atom. The van der Waals surface area contributed by atoms with Crippen molar-refractivity contribution in [3.63, 3.8) is 0 Å². The Kier molecular flexibility index (Phi) is 4.56. The van der Waals surface area contributed by atoms with E-state index in [2.05, 4.69) is 5.32 Å². The van der Waals surface area contributed by atoms with Crippen molar-refractivity contribution in [2.24, 2.45) is 0 Å². The van der Waals surface area contributed by atoms with E-state index in [0.29, 0.717) is 19.5 Å². The van der Waals surface area contributed by atoms with E-state index in [4.69, 9.17) is 4.74 Å². The molecular weight excluding hydrogens is 340 g/mol. The third-order valence-corrected chi connectivity index (χ3v) is 5.75. The van der Waals surface area contributed by atoms with Crippen molar-refractivity contribution in [1.82, 2.24) is 4.90 Å². The first-order chi connectivity index (χ1) is 13.0. The highest BCUT2D eigenvalue weighted by Gasteiger charge is 2.44. The standard InChI is InChI=1S/C22H26N2O3/c1-15-6-8-17(9-7-15)23-21(26)24-12-10-22(11-13-24)14-19(25)18-5-3-4-16(2)20(18)27-22/h3-9,19,25H,10-14H2,1-2H3,(H,23,26). The van der Waals surface area contributed by atoms with Crippen LogP contribution in [0.25, 0.3) is 0 Å². The van der Waals surface area contributed by atoms with Crippen LogP contribution in [0.2, 0.25) is 0 Å². The van der Waals surface area contributed by atoms with Crippen LogP contribution in [0.3, 0.4) is 0 Å². The number of piperidine rings is 1. The van der Waals surface area contributed by atoms with E-state index in [1.54, 1.807) is 0 Å². The summed E-state index contributed by atoms with van der Waals surface area (Å²) in [7, 11) is 0. The molecule has 2 heterocycles. The maximum absolute atomic E-state index is 12.6. The smallest absolute Gasteiger partial charge is 0.321 e. The number of anilines is 1. The third-order valence-electron chi connectivity index (χ3n) is 5.75. The van der Waals surface area contributed by atoms with Crippen molar-refractivity contribution in [3.05, 3.63) is 59.2 Å². The number of para-hydroxylation sites is 1. The molecule has 5 nitrogen and oxygen atoms in total. The van der Waals surface area contributed by atoms with Gasteiger partial charge in [0, 0.05) is 43.6 Å². The van der Waals surface area contributed by atoms with Crippen molar-refractivity contribution in [3.8, 4) is 5.75 Å². The number of amides is 2. The van der Waals surface area contributed by atoms with Gasteiger partial charge in [-0.05, 0) is 31.5 Å². The van der Waals surface area contributed by atoms with E-state index in [-0.39, 0.29) is 11.6 Å². The summed E-state index contributed by atoms with van der Waals surface area (Å²) >= 11 is 0. The Hall–Kier alpha value is -2.53. The average molecular weight is 366 g/mol. The maximum Gasteiger partial charge on any atom is 0.321 e. The molecule has 1 spiro atoms. The molecule has 2 N–H and O–H groups in total. The minimum atomic E-state index is -0.512. The topological polar surface area (TPSA) is 61.8 Å². The van der Waals surface area contributed by atoms with Crippen LogP contribution in [-0.2, 0) is 0 Å². The third kappa shape index (κ3) is 3.52. The highest BCUT2D eigenvalue weighted by atomic mass is 16.5. The number of rotatable bonds is 1. The molecule has 0 aromatic heterocycles. The van der Waals surface area contributed by atoms with E-state index in [9.17, 15) is 9.90 Å². The number of fused-ring (bicyclic) bond motifs is 1. The summed E-state index contributed by atoms with van der Waals surface area (Å²) in [6.07, 6.45) is 1.51. The molecule has 1 atom stereocenters. The lowest BCUT2D eigenvalue weighted by Gasteiger charge is -2.46. The Morgan fingerprint density at radius 2 is 1.85 bits per heavy atom. The molecule has 0 saturated carbocycles. The molecule has 142 valence electrons. The maximum atomic E-state index is 12.6. The molecule has 0 radical (unpaired) electrons. The van der Waals surface area contributed by atoms with Gasteiger partial charge in [0.05, 0.1) is 6.10 Å².